The number of rotatable bonds is 5. The number of carbonyl (C=O) groups excluding carboxylic acids is 1. The first-order valence-corrected chi connectivity index (χ1v) is 9.31. The Bertz CT molecular complexity index is 760. The molecule has 5 heteroatoms. The van der Waals surface area contributed by atoms with Crippen LogP contribution in [0.15, 0.2) is 59.5 Å². The number of amides is 1. The van der Waals surface area contributed by atoms with E-state index in [4.69, 9.17) is 0 Å². The lowest BCUT2D eigenvalue weighted by Gasteiger charge is -2.31. The number of likely N-dealkylation sites (tertiary alicyclic amines) is 1. The number of carbonyl (C=O) groups is 2. The molecular formula is C20H21NO3S. The molecule has 1 N–H and O–H groups in total. The van der Waals surface area contributed by atoms with E-state index >= 15 is 0 Å². The second kappa shape index (κ2) is 7.31. The van der Waals surface area contributed by atoms with Gasteiger partial charge < -0.3 is 10.0 Å². The molecule has 1 amide bonds. The van der Waals surface area contributed by atoms with Gasteiger partial charge in [0.05, 0.1) is 0 Å². The molecule has 1 unspecified atom stereocenters. The number of carboxylic acid groups (broad SMARTS) is 1. The van der Waals surface area contributed by atoms with Crippen LogP contribution in [-0.4, -0.2) is 34.0 Å². The summed E-state index contributed by atoms with van der Waals surface area (Å²) >= 11 is 1.71. The number of hydrogen-bond acceptors (Lipinski definition) is 3. The van der Waals surface area contributed by atoms with Gasteiger partial charge in [-0.15, -0.1) is 11.8 Å². The highest BCUT2D eigenvalue weighted by molar-refractivity contribution is 7.98. The second-order valence-electron chi connectivity index (χ2n) is 6.44. The molecule has 3 rings (SSSR count). The molecule has 2 aromatic carbocycles. The lowest BCUT2D eigenvalue weighted by molar-refractivity contribution is -0.147. The molecule has 1 aliphatic heterocycles. The van der Waals surface area contributed by atoms with Crippen molar-refractivity contribution >= 4 is 23.6 Å². The van der Waals surface area contributed by atoms with Crippen LogP contribution < -0.4 is 0 Å². The summed E-state index contributed by atoms with van der Waals surface area (Å²) in [6, 6.07) is 17.6. The fourth-order valence-corrected chi connectivity index (χ4v) is 3.96. The van der Waals surface area contributed by atoms with Gasteiger partial charge in [-0.1, -0.05) is 30.3 Å². The molecule has 1 heterocycles. The summed E-state index contributed by atoms with van der Waals surface area (Å²) in [6.07, 6.45) is 1.22. The molecule has 1 fully saturated rings. The van der Waals surface area contributed by atoms with Crippen LogP contribution in [0.2, 0.25) is 0 Å². The van der Waals surface area contributed by atoms with Crippen molar-refractivity contribution in [2.24, 2.45) is 0 Å². The predicted molar refractivity (Wildman–Crippen MR) is 98.8 cm³/mol. The lowest BCUT2D eigenvalue weighted by Crippen LogP contribution is -2.50. The smallest absolute Gasteiger partial charge is 0.329 e. The van der Waals surface area contributed by atoms with Crippen molar-refractivity contribution in [1.82, 2.24) is 4.90 Å². The Kier molecular flexibility index (Phi) is 5.13. The maximum atomic E-state index is 12.7. The van der Waals surface area contributed by atoms with Crippen molar-refractivity contribution in [3.8, 4) is 0 Å². The number of carboxylic acids is 1. The van der Waals surface area contributed by atoms with E-state index in [1.807, 2.05) is 30.3 Å². The number of benzene rings is 2. The van der Waals surface area contributed by atoms with E-state index in [0.29, 0.717) is 18.5 Å². The third-order valence-electron chi connectivity index (χ3n) is 4.70. The van der Waals surface area contributed by atoms with E-state index in [1.165, 1.54) is 10.5 Å². The highest BCUT2D eigenvalue weighted by Gasteiger charge is 2.46. The van der Waals surface area contributed by atoms with Crippen molar-refractivity contribution in [3.63, 3.8) is 0 Å². The van der Waals surface area contributed by atoms with E-state index in [2.05, 4.69) is 12.1 Å². The molecule has 0 radical (unpaired) electrons. The number of aliphatic carboxylic acids is 1. The van der Waals surface area contributed by atoms with Crippen LogP contribution in [0.3, 0.4) is 0 Å². The molecule has 0 saturated carbocycles. The largest absolute Gasteiger partial charge is 0.480 e. The number of hydrogen-bond donors (Lipinski definition) is 1. The first-order chi connectivity index (χ1) is 12.0. The normalized spacial score (nSPS) is 19.8. The molecule has 1 saturated heterocycles. The third kappa shape index (κ3) is 3.71. The van der Waals surface area contributed by atoms with E-state index in [0.717, 1.165) is 17.1 Å². The van der Waals surface area contributed by atoms with Gasteiger partial charge in [-0.25, -0.2) is 4.79 Å². The predicted octanol–water partition coefficient (Wildman–Crippen LogP) is 4.06. The van der Waals surface area contributed by atoms with Gasteiger partial charge in [-0.2, -0.15) is 0 Å². The summed E-state index contributed by atoms with van der Waals surface area (Å²) in [5.74, 6) is -0.271. The van der Waals surface area contributed by atoms with E-state index in [9.17, 15) is 14.7 Å². The Morgan fingerprint density at radius 2 is 1.80 bits per heavy atom. The molecule has 1 atom stereocenters. The fourth-order valence-electron chi connectivity index (χ4n) is 3.10. The molecule has 2 aromatic rings. The zero-order chi connectivity index (χ0) is 17.9. The Morgan fingerprint density at radius 1 is 1.12 bits per heavy atom. The van der Waals surface area contributed by atoms with E-state index < -0.39 is 11.5 Å². The number of nitrogens with zero attached hydrogens (tertiary/aromatic N) is 1. The van der Waals surface area contributed by atoms with Crippen molar-refractivity contribution in [2.75, 3.05) is 6.54 Å². The Balaban J connectivity index is 1.67. The zero-order valence-electron chi connectivity index (χ0n) is 14.1. The summed E-state index contributed by atoms with van der Waals surface area (Å²) in [4.78, 5) is 26.8. The van der Waals surface area contributed by atoms with Gasteiger partial charge in [0, 0.05) is 22.8 Å². The maximum absolute atomic E-state index is 12.7. The van der Waals surface area contributed by atoms with Gasteiger partial charge >= 0.3 is 5.97 Å². The molecule has 0 aromatic heterocycles. The summed E-state index contributed by atoms with van der Waals surface area (Å²) in [5, 5.41) is 9.46. The minimum Gasteiger partial charge on any atom is -0.480 e. The molecule has 0 aliphatic carbocycles. The monoisotopic (exact) mass is 355 g/mol. The van der Waals surface area contributed by atoms with Crippen molar-refractivity contribution in [3.05, 3.63) is 65.7 Å². The van der Waals surface area contributed by atoms with Crippen LogP contribution >= 0.6 is 11.8 Å². The van der Waals surface area contributed by atoms with Crippen LogP contribution in [0.1, 0.15) is 35.7 Å². The highest BCUT2D eigenvalue weighted by Crippen LogP contribution is 2.31. The quantitative estimate of drug-likeness (QED) is 0.822. The SMILES string of the molecule is CC1(C(=O)O)CCCN1C(=O)c1ccc(SCc2ccccc2)cc1. The van der Waals surface area contributed by atoms with E-state index in [-0.39, 0.29) is 5.91 Å². The minimum absolute atomic E-state index is 0.206. The van der Waals surface area contributed by atoms with Gasteiger partial charge in [0.2, 0.25) is 0 Å². The molecule has 25 heavy (non-hydrogen) atoms. The van der Waals surface area contributed by atoms with Gasteiger partial charge in [0.1, 0.15) is 5.54 Å². The maximum Gasteiger partial charge on any atom is 0.329 e. The van der Waals surface area contributed by atoms with Crippen LogP contribution in [0, 0.1) is 0 Å². The Labute approximate surface area is 151 Å². The zero-order valence-corrected chi connectivity index (χ0v) is 15.0. The summed E-state index contributed by atoms with van der Waals surface area (Å²) in [7, 11) is 0. The molecular weight excluding hydrogens is 334 g/mol. The topological polar surface area (TPSA) is 57.6 Å². The molecule has 4 nitrogen and oxygen atoms in total. The highest BCUT2D eigenvalue weighted by atomic mass is 32.2. The summed E-state index contributed by atoms with van der Waals surface area (Å²) in [6.45, 7) is 2.12. The molecule has 0 bridgehead atoms. The van der Waals surface area contributed by atoms with Crippen LogP contribution in [0.25, 0.3) is 0 Å². The minimum atomic E-state index is -1.10. The van der Waals surface area contributed by atoms with Gasteiger partial charge in [0.25, 0.3) is 5.91 Å². The molecule has 1 aliphatic rings. The Hall–Kier alpha value is -2.27. The first kappa shape index (κ1) is 17.5. The van der Waals surface area contributed by atoms with Crippen molar-refractivity contribution in [1.29, 1.82) is 0 Å². The van der Waals surface area contributed by atoms with Gasteiger partial charge in [-0.05, 0) is 49.6 Å². The van der Waals surface area contributed by atoms with Crippen LogP contribution in [0.4, 0.5) is 0 Å². The van der Waals surface area contributed by atoms with E-state index in [1.54, 1.807) is 30.8 Å². The first-order valence-electron chi connectivity index (χ1n) is 8.33. The molecule has 130 valence electrons. The molecule has 0 spiro atoms. The average Bonchev–Trinajstić information content (AvgIpc) is 3.04. The standard InChI is InChI=1S/C20H21NO3S/c1-20(19(23)24)12-5-13-21(20)18(22)16-8-10-17(11-9-16)25-14-15-6-3-2-4-7-15/h2-4,6-11H,5,12-14H2,1H3,(H,23,24). The van der Waals surface area contributed by atoms with Crippen molar-refractivity contribution < 1.29 is 14.7 Å². The summed E-state index contributed by atoms with van der Waals surface area (Å²) in [5.41, 5.74) is 0.693. The van der Waals surface area contributed by atoms with Crippen LogP contribution in [0.5, 0.6) is 0 Å². The fraction of sp³-hybridized carbons (Fsp3) is 0.300. The Morgan fingerprint density at radius 3 is 2.44 bits per heavy atom. The van der Waals surface area contributed by atoms with Gasteiger partial charge in [0.15, 0.2) is 0 Å². The number of thioether (sulfide) groups is 1. The average molecular weight is 355 g/mol. The van der Waals surface area contributed by atoms with Gasteiger partial charge in [-0.3, -0.25) is 4.79 Å². The lowest BCUT2D eigenvalue weighted by atomic mass is 9.98. The summed E-state index contributed by atoms with van der Waals surface area (Å²) < 4.78 is 0. The third-order valence-corrected chi connectivity index (χ3v) is 5.78. The van der Waals surface area contributed by atoms with Crippen molar-refractivity contribution in [2.45, 2.75) is 36.0 Å². The second-order valence-corrected chi connectivity index (χ2v) is 7.49. The van der Waals surface area contributed by atoms with Crippen LogP contribution in [-0.2, 0) is 10.5 Å².